The Morgan fingerprint density at radius 3 is 2.43 bits per heavy atom. The van der Waals surface area contributed by atoms with Crippen LogP contribution in [0.15, 0.2) is 48.5 Å². The quantitative estimate of drug-likeness (QED) is 0.863. The predicted molar refractivity (Wildman–Crippen MR) is 83.0 cm³/mol. The van der Waals surface area contributed by atoms with Crippen molar-refractivity contribution in [1.82, 2.24) is 0 Å². The maximum Gasteiger partial charge on any atom is 0.242 e. The number of halogens is 1. The van der Waals surface area contributed by atoms with Gasteiger partial charge in [0.15, 0.2) is 0 Å². The lowest BCUT2D eigenvalue weighted by atomic mass is 10.1. The van der Waals surface area contributed by atoms with E-state index in [0.29, 0.717) is 12.2 Å². The highest BCUT2D eigenvalue weighted by Crippen LogP contribution is 2.28. The van der Waals surface area contributed by atoms with E-state index < -0.39 is 0 Å². The molecule has 1 amide bonds. The number of aromatic hydroxyl groups is 1. The number of carbonyl (C=O) groups is 1. The van der Waals surface area contributed by atoms with Gasteiger partial charge in [-0.05, 0) is 29.8 Å². The number of para-hydroxylation sites is 2. The summed E-state index contributed by atoms with van der Waals surface area (Å²) < 4.78 is 5.10. The Morgan fingerprint density at radius 2 is 1.86 bits per heavy atom. The number of hydrogen-bond acceptors (Lipinski definition) is 3. The van der Waals surface area contributed by atoms with E-state index in [1.807, 2.05) is 24.3 Å². The van der Waals surface area contributed by atoms with Gasteiger partial charge in [0, 0.05) is 0 Å². The number of phenolic OH excluding ortho intramolecular Hbond substituents is 1. The molecule has 1 N–H and O–H groups in total. The van der Waals surface area contributed by atoms with Crippen LogP contribution in [-0.2, 0) is 11.3 Å². The molecule has 0 aliphatic carbocycles. The van der Waals surface area contributed by atoms with Crippen molar-refractivity contribution in [1.29, 1.82) is 0 Å². The zero-order valence-corrected chi connectivity index (χ0v) is 12.4. The van der Waals surface area contributed by atoms with Crippen LogP contribution in [0.3, 0.4) is 0 Å². The number of rotatable bonds is 5. The van der Waals surface area contributed by atoms with Gasteiger partial charge >= 0.3 is 0 Å². The number of phenols is 1. The summed E-state index contributed by atoms with van der Waals surface area (Å²) in [5.74, 6) is 0.375. The number of methoxy groups -OCH3 is 1. The highest BCUT2D eigenvalue weighted by molar-refractivity contribution is 6.29. The fraction of sp³-hybridized carbons (Fsp3) is 0.188. The molecule has 0 bridgehead atoms. The first-order chi connectivity index (χ1) is 10.2. The van der Waals surface area contributed by atoms with Gasteiger partial charge in [0.05, 0.1) is 19.3 Å². The first kappa shape index (κ1) is 15.2. The summed E-state index contributed by atoms with van der Waals surface area (Å²) in [6.07, 6.45) is 0. The van der Waals surface area contributed by atoms with Crippen molar-refractivity contribution < 1.29 is 14.6 Å². The molecule has 0 spiro atoms. The molecule has 0 aromatic heterocycles. The van der Waals surface area contributed by atoms with E-state index in [-0.39, 0.29) is 17.5 Å². The molecule has 0 radical (unpaired) electrons. The van der Waals surface area contributed by atoms with E-state index in [1.54, 1.807) is 25.3 Å². The molecule has 4 nitrogen and oxygen atoms in total. The topological polar surface area (TPSA) is 49.8 Å². The summed E-state index contributed by atoms with van der Waals surface area (Å²) in [6, 6.07) is 14.1. The van der Waals surface area contributed by atoms with Crippen molar-refractivity contribution in [3.8, 4) is 11.5 Å². The molecular formula is C16H16ClNO3. The molecule has 21 heavy (non-hydrogen) atoms. The van der Waals surface area contributed by atoms with Gasteiger partial charge in [-0.2, -0.15) is 0 Å². The Balaban J connectivity index is 2.28. The summed E-state index contributed by atoms with van der Waals surface area (Å²) in [4.78, 5) is 13.5. The van der Waals surface area contributed by atoms with E-state index in [2.05, 4.69) is 0 Å². The molecule has 0 aliphatic heterocycles. The third-order valence-electron chi connectivity index (χ3n) is 3.09. The molecule has 2 aromatic rings. The van der Waals surface area contributed by atoms with Gasteiger partial charge in [0.2, 0.25) is 5.91 Å². The van der Waals surface area contributed by atoms with Gasteiger partial charge in [0.1, 0.15) is 17.4 Å². The van der Waals surface area contributed by atoms with Crippen molar-refractivity contribution in [3.63, 3.8) is 0 Å². The summed E-state index contributed by atoms with van der Waals surface area (Å²) in [6.45, 7) is 0.327. The van der Waals surface area contributed by atoms with Crippen molar-refractivity contribution in [2.75, 3.05) is 17.9 Å². The SMILES string of the molecule is COc1ccc(CN(C(=O)CCl)c2ccccc2O)cc1. The molecule has 0 unspecified atom stereocenters. The number of nitrogens with zero attached hydrogens (tertiary/aromatic N) is 1. The van der Waals surface area contributed by atoms with E-state index >= 15 is 0 Å². The van der Waals surface area contributed by atoms with Crippen LogP contribution >= 0.6 is 11.6 Å². The summed E-state index contributed by atoms with van der Waals surface area (Å²) >= 11 is 5.67. The number of hydrogen-bond donors (Lipinski definition) is 1. The number of anilines is 1. The Labute approximate surface area is 128 Å². The molecule has 0 saturated carbocycles. The van der Waals surface area contributed by atoms with Crippen LogP contribution in [0.4, 0.5) is 5.69 Å². The molecule has 0 saturated heterocycles. The number of ether oxygens (including phenoxy) is 1. The molecule has 0 atom stereocenters. The fourth-order valence-electron chi connectivity index (χ4n) is 1.99. The minimum atomic E-state index is -0.269. The average molecular weight is 306 g/mol. The van der Waals surface area contributed by atoms with E-state index in [0.717, 1.165) is 11.3 Å². The second-order valence-corrected chi connectivity index (χ2v) is 4.72. The Bertz CT molecular complexity index is 613. The number of benzene rings is 2. The van der Waals surface area contributed by atoms with Crippen LogP contribution in [-0.4, -0.2) is 24.0 Å². The zero-order valence-electron chi connectivity index (χ0n) is 11.6. The molecule has 110 valence electrons. The van der Waals surface area contributed by atoms with Crippen LogP contribution in [0.5, 0.6) is 11.5 Å². The first-order valence-corrected chi connectivity index (χ1v) is 6.96. The second kappa shape index (κ2) is 6.99. The smallest absolute Gasteiger partial charge is 0.242 e. The second-order valence-electron chi connectivity index (χ2n) is 4.45. The van der Waals surface area contributed by atoms with Crippen molar-refractivity contribution in [2.24, 2.45) is 0 Å². The molecule has 2 rings (SSSR count). The third kappa shape index (κ3) is 3.67. The Morgan fingerprint density at radius 1 is 1.19 bits per heavy atom. The lowest BCUT2D eigenvalue weighted by molar-refractivity contribution is -0.116. The van der Waals surface area contributed by atoms with Crippen LogP contribution in [0.25, 0.3) is 0 Å². The maximum absolute atomic E-state index is 12.1. The van der Waals surface area contributed by atoms with E-state index in [4.69, 9.17) is 16.3 Å². The number of carbonyl (C=O) groups excluding carboxylic acids is 1. The van der Waals surface area contributed by atoms with Crippen LogP contribution < -0.4 is 9.64 Å². The maximum atomic E-state index is 12.1. The normalized spacial score (nSPS) is 10.2. The largest absolute Gasteiger partial charge is 0.506 e. The van der Waals surface area contributed by atoms with E-state index in [9.17, 15) is 9.90 Å². The van der Waals surface area contributed by atoms with Gasteiger partial charge in [0.25, 0.3) is 0 Å². The average Bonchev–Trinajstić information content (AvgIpc) is 2.53. The van der Waals surface area contributed by atoms with Crippen LogP contribution in [0, 0.1) is 0 Å². The Kier molecular flexibility index (Phi) is 5.06. The van der Waals surface area contributed by atoms with E-state index in [1.165, 1.54) is 11.0 Å². The summed E-state index contributed by atoms with van der Waals surface area (Å²) in [5.41, 5.74) is 1.36. The lowest BCUT2D eigenvalue weighted by Gasteiger charge is -2.23. The zero-order chi connectivity index (χ0) is 15.2. The van der Waals surface area contributed by atoms with Gasteiger partial charge in [-0.25, -0.2) is 0 Å². The van der Waals surface area contributed by atoms with Gasteiger partial charge < -0.3 is 14.7 Å². The number of alkyl halides is 1. The Hall–Kier alpha value is -2.20. The predicted octanol–water partition coefficient (Wildman–Crippen LogP) is 3.17. The summed E-state index contributed by atoms with van der Waals surface area (Å²) in [7, 11) is 1.60. The molecule has 5 heteroatoms. The van der Waals surface area contributed by atoms with Crippen molar-refractivity contribution in [3.05, 3.63) is 54.1 Å². The van der Waals surface area contributed by atoms with Gasteiger partial charge in [-0.3, -0.25) is 4.79 Å². The minimum absolute atomic E-state index is 0.0458. The standard InChI is InChI=1S/C16H16ClNO3/c1-21-13-8-6-12(7-9-13)11-18(16(20)10-17)14-4-2-3-5-15(14)19/h2-9,19H,10-11H2,1H3. The highest BCUT2D eigenvalue weighted by Gasteiger charge is 2.18. The molecule has 0 fully saturated rings. The molecule has 0 aliphatic rings. The molecule has 0 heterocycles. The van der Waals surface area contributed by atoms with Crippen molar-refractivity contribution in [2.45, 2.75) is 6.54 Å². The van der Waals surface area contributed by atoms with Crippen molar-refractivity contribution >= 4 is 23.2 Å². The lowest BCUT2D eigenvalue weighted by Crippen LogP contribution is -2.31. The number of amides is 1. The molecular weight excluding hydrogens is 290 g/mol. The third-order valence-corrected chi connectivity index (χ3v) is 3.32. The van der Waals surface area contributed by atoms with Gasteiger partial charge in [-0.15, -0.1) is 11.6 Å². The highest BCUT2D eigenvalue weighted by atomic mass is 35.5. The molecule has 2 aromatic carbocycles. The first-order valence-electron chi connectivity index (χ1n) is 6.43. The van der Waals surface area contributed by atoms with Gasteiger partial charge in [-0.1, -0.05) is 24.3 Å². The summed E-state index contributed by atoms with van der Waals surface area (Å²) in [5, 5.41) is 9.93. The monoisotopic (exact) mass is 305 g/mol. The van der Waals surface area contributed by atoms with Crippen LogP contribution in [0.2, 0.25) is 0 Å². The fourth-order valence-corrected chi connectivity index (χ4v) is 2.13. The minimum Gasteiger partial charge on any atom is -0.506 e. The van der Waals surface area contributed by atoms with Crippen LogP contribution in [0.1, 0.15) is 5.56 Å².